The quantitative estimate of drug-likeness (QED) is 0.856. The van der Waals surface area contributed by atoms with Crippen LogP contribution in [0.4, 0.5) is 0 Å². The third-order valence-corrected chi connectivity index (χ3v) is 4.54. The number of aliphatic imine (C=N–C) groups is 1. The summed E-state index contributed by atoms with van der Waals surface area (Å²) in [6.45, 7) is 3.52. The van der Waals surface area contributed by atoms with Crippen LogP contribution in [-0.2, 0) is 11.2 Å². The van der Waals surface area contributed by atoms with Crippen LogP contribution in [0.5, 0.6) is 5.75 Å². The zero-order chi connectivity index (χ0) is 16.1. The molecule has 1 amide bonds. The van der Waals surface area contributed by atoms with Crippen molar-refractivity contribution in [2.45, 2.75) is 32.1 Å². The summed E-state index contributed by atoms with van der Waals surface area (Å²) in [4.78, 5) is 21.3. The minimum absolute atomic E-state index is 0.183. The molecule has 0 saturated carbocycles. The third kappa shape index (κ3) is 3.84. The minimum atomic E-state index is 0.183. The summed E-state index contributed by atoms with van der Waals surface area (Å²) in [7, 11) is 1.66. The van der Waals surface area contributed by atoms with E-state index in [2.05, 4.69) is 9.89 Å². The van der Waals surface area contributed by atoms with Gasteiger partial charge in [-0.1, -0.05) is 12.1 Å². The van der Waals surface area contributed by atoms with Gasteiger partial charge in [0.05, 0.1) is 13.7 Å². The van der Waals surface area contributed by atoms with E-state index in [4.69, 9.17) is 4.74 Å². The number of amides is 1. The molecule has 23 heavy (non-hydrogen) atoms. The lowest BCUT2D eigenvalue weighted by Crippen LogP contribution is -2.47. The normalized spacial score (nSPS) is 18.0. The number of aryl methyl sites for hydroxylation is 1. The van der Waals surface area contributed by atoms with Crippen LogP contribution in [0, 0.1) is 0 Å². The summed E-state index contributed by atoms with van der Waals surface area (Å²) >= 11 is 0. The van der Waals surface area contributed by atoms with Crippen molar-refractivity contribution in [3.05, 3.63) is 29.8 Å². The van der Waals surface area contributed by atoms with Crippen molar-refractivity contribution in [3.63, 3.8) is 0 Å². The Morgan fingerprint density at radius 2 is 1.87 bits per heavy atom. The summed E-state index contributed by atoms with van der Waals surface area (Å²) in [5.41, 5.74) is 1.16. The van der Waals surface area contributed by atoms with E-state index in [0.29, 0.717) is 6.42 Å². The van der Waals surface area contributed by atoms with Gasteiger partial charge < -0.3 is 9.64 Å². The summed E-state index contributed by atoms with van der Waals surface area (Å²) < 4.78 is 5.16. The molecule has 1 fully saturated rings. The van der Waals surface area contributed by atoms with E-state index in [-0.39, 0.29) is 5.91 Å². The molecular formula is C18H25N3O2. The molecule has 1 saturated heterocycles. The lowest BCUT2D eigenvalue weighted by molar-refractivity contribution is -0.127. The van der Waals surface area contributed by atoms with Crippen molar-refractivity contribution >= 4 is 11.9 Å². The second kappa shape index (κ2) is 7.49. The van der Waals surface area contributed by atoms with Crippen molar-refractivity contribution in [1.82, 2.24) is 9.80 Å². The molecule has 3 rings (SSSR count). The maximum absolute atomic E-state index is 12.6. The lowest BCUT2D eigenvalue weighted by Gasteiger charge is -2.32. The maximum atomic E-state index is 12.6. The number of piperidine rings is 1. The zero-order valence-corrected chi connectivity index (χ0v) is 13.8. The largest absolute Gasteiger partial charge is 0.497 e. The van der Waals surface area contributed by atoms with Gasteiger partial charge in [-0.05, 0) is 43.4 Å². The van der Waals surface area contributed by atoms with Crippen LogP contribution in [0.15, 0.2) is 29.3 Å². The highest BCUT2D eigenvalue weighted by Crippen LogP contribution is 2.17. The van der Waals surface area contributed by atoms with Gasteiger partial charge >= 0.3 is 0 Å². The molecule has 0 spiro atoms. The molecule has 2 aliphatic rings. The van der Waals surface area contributed by atoms with Crippen molar-refractivity contribution < 1.29 is 9.53 Å². The van der Waals surface area contributed by atoms with Gasteiger partial charge in [-0.15, -0.1) is 0 Å². The molecule has 0 bridgehead atoms. The van der Waals surface area contributed by atoms with E-state index in [1.807, 2.05) is 29.2 Å². The van der Waals surface area contributed by atoms with Gasteiger partial charge in [0, 0.05) is 26.1 Å². The second-order valence-electron chi connectivity index (χ2n) is 6.12. The average molecular weight is 315 g/mol. The zero-order valence-electron chi connectivity index (χ0n) is 13.8. The Labute approximate surface area is 137 Å². The first kappa shape index (κ1) is 15.8. The Bertz CT molecular complexity index is 562. The van der Waals surface area contributed by atoms with Crippen molar-refractivity contribution in [3.8, 4) is 5.75 Å². The van der Waals surface area contributed by atoms with E-state index in [9.17, 15) is 4.79 Å². The highest BCUT2D eigenvalue weighted by molar-refractivity contribution is 5.98. The number of likely N-dealkylation sites (tertiary alicyclic amines) is 1. The predicted octanol–water partition coefficient (Wildman–Crippen LogP) is 2.31. The smallest absolute Gasteiger partial charge is 0.229 e. The van der Waals surface area contributed by atoms with Crippen LogP contribution in [0.3, 0.4) is 0 Å². The molecular weight excluding hydrogens is 290 g/mol. The SMILES string of the molecule is COc1ccc(CCC(=O)N2CCN=C2N2CCCCC2)cc1. The Hall–Kier alpha value is -2.04. The van der Waals surface area contributed by atoms with Crippen LogP contribution in [0.2, 0.25) is 0 Å². The van der Waals surface area contributed by atoms with Crippen LogP contribution in [0.25, 0.3) is 0 Å². The number of carbonyl (C=O) groups is 1. The number of hydrogen-bond acceptors (Lipinski definition) is 4. The first-order valence-corrected chi connectivity index (χ1v) is 8.50. The molecule has 0 N–H and O–H groups in total. The number of guanidine groups is 1. The molecule has 2 aliphatic heterocycles. The van der Waals surface area contributed by atoms with Gasteiger partial charge in [0.25, 0.3) is 0 Å². The fourth-order valence-electron chi connectivity index (χ4n) is 3.21. The third-order valence-electron chi connectivity index (χ3n) is 4.54. The van der Waals surface area contributed by atoms with Crippen LogP contribution in [-0.4, -0.2) is 55.0 Å². The highest BCUT2D eigenvalue weighted by atomic mass is 16.5. The van der Waals surface area contributed by atoms with Gasteiger partial charge in [0.2, 0.25) is 11.9 Å². The molecule has 1 aromatic rings. The van der Waals surface area contributed by atoms with Crippen LogP contribution in [0.1, 0.15) is 31.2 Å². The summed E-state index contributed by atoms with van der Waals surface area (Å²) in [5, 5.41) is 0. The van der Waals surface area contributed by atoms with Crippen molar-refractivity contribution in [2.75, 3.05) is 33.3 Å². The molecule has 0 aliphatic carbocycles. The monoisotopic (exact) mass is 315 g/mol. The number of hydrogen-bond donors (Lipinski definition) is 0. The molecule has 0 aromatic heterocycles. The molecule has 2 heterocycles. The highest BCUT2D eigenvalue weighted by Gasteiger charge is 2.28. The summed E-state index contributed by atoms with van der Waals surface area (Å²) in [5.74, 6) is 1.94. The topological polar surface area (TPSA) is 45.1 Å². The van der Waals surface area contributed by atoms with Gasteiger partial charge in [-0.3, -0.25) is 14.7 Å². The molecule has 0 atom stereocenters. The number of ether oxygens (including phenoxy) is 1. The molecule has 124 valence electrons. The molecule has 5 heteroatoms. The number of methoxy groups -OCH3 is 1. The Kier molecular flexibility index (Phi) is 5.16. The Balaban J connectivity index is 1.55. The second-order valence-corrected chi connectivity index (χ2v) is 6.12. The van der Waals surface area contributed by atoms with Crippen LogP contribution < -0.4 is 4.74 Å². The van der Waals surface area contributed by atoms with Crippen molar-refractivity contribution in [2.24, 2.45) is 4.99 Å². The van der Waals surface area contributed by atoms with Gasteiger partial charge in [-0.25, -0.2) is 0 Å². The first-order chi connectivity index (χ1) is 11.3. The lowest BCUT2D eigenvalue weighted by atomic mass is 10.1. The van der Waals surface area contributed by atoms with E-state index in [0.717, 1.165) is 49.9 Å². The molecule has 0 radical (unpaired) electrons. The predicted molar refractivity (Wildman–Crippen MR) is 90.8 cm³/mol. The number of nitrogens with zero attached hydrogens (tertiary/aromatic N) is 3. The van der Waals surface area contributed by atoms with Crippen LogP contribution >= 0.6 is 0 Å². The number of benzene rings is 1. The molecule has 1 aromatic carbocycles. The van der Waals surface area contributed by atoms with Gasteiger partial charge in [0.1, 0.15) is 5.75 Å². The molecule has 5 nitrogen and oxygen atoms in total. The van der Waals surface area contributed by atoms with Gasteiger partial charge in [0.15, 0.2) is 0 Å². The average Bonchev–Trinajstić information content (AvgIpc) is 3.11. The minimum Gasteiger partial charge on any atom is -0.497 e. The number of rotatable bonds is 4. The van der Waals surface area contributed by atoms with Crippen molar-refractivity contribution in [1.29, 1.82) is 0 Å². The summed E-state index contributed by atoms with van der Waals surface area (Å²) in [6.07, 6.45) is 4.97. The van der Waals surface area contributed by atoms with E-state index < -0.39 is 0 Å². The van der Waals surface area contributed by atoms with E-state index in [1.165, 1.54) is 19.3 Å². The fourth-order valence-corrected chi connectivity index (χ4v) is 3.21. The Morgan fingerprint density at radius 1 is 1.13 bits per heavy atom. The standard InChI is InChI=1S/C18H25N3O2/c1-23-16-8-5-15(6-9-16)7-10-17(22)21-14-11-19-18(21)20-12-3-2-4-13-20/h5-6,8-9H,2-4,7,10-14H2,1H3. The van der Waals surface area contributed by atoms with E-state index in [1.54, 1.807) is 7.11 Å². The van der Waals surface area contributed by atoms with Gasteiger partial charge in [-0.2, -0.15) is 0 Å². The fraction of sp³-hybridized carbons (Fsp3) is 0.556. The maximum Gasteiger partial charge on any atom is 0.229 e. The molecule has 0 unspecified atom stereocenters. The Morgan fingerprint density at radius 3 is 2.57 bits per heavy atom. The summed E-state index contributed by atoms with van der Waals surface area (Å²) in [6, 6.07) is 7.93. The van der Waals surface area contributed by atoms with E-state index >= 15 is 0 Å². The number of carbonyl (C=O) groups excluding carboxylic acids is 1. The first-order valence-electron chi connectivity index (χ1n) is 8.50.